The van der Waals surface area contributed by atoms with Crippen LogP contribution in [0.15, 0.2) is 36.4 Å². The zero-order chi connectivity index (χ0) is 18.9. The zero-order valence-electron chi connectivity index (χ0n) is 16.0. The number of methoxy groups -OCH3 is 1. The summed E-state index contributed by atoms with van der Waals surface area (Å²) in [5.41, 5.74) is 3.80. The molecule has 140 valence electrons. The number of piperidine rings is 1. The molecule has 1 aliphatic heterocycles. The molecular formula is C22H27ClFNO. The third kappa shape index (κ3) is 3.60. The van der Waals surface area contributed by atoms with Crippen LogP contribution in [0, 0.1) is 11.2 Å². The van der Waals surface area contributed by atoms with Gasteiger partial charge in [-0.05, 0) is 66.7 Å². The average Bonchev–Trinajstić information content (AvgIpc) is 2.61. The molecule has 0 spiro atoms. The van der Waals surface area contributed by atoms with Crippen LogP contribution in [-0.4, -0.2) is 25.6 Å². The van der Waals surface area contributed by atoms with Crippen LogP contribution in [0.5, 0.6) is 5.75 Å². The first kappa shape index (κ1) is 19.2. The van der Waals surface area contributed by atoms with Crippen LogP contribution >= 0.6 is 11.6 Å². The second-order valence-electron chi connectivity index (χ2n) is 7.88. The van der Waals surface area contributed by atoms with Gasteiger partial charge in [0.1, 0.15) is 11.6 Å². The van der Waals surface area contributed by atoms with Gasteiger partial charge < -0.3 is 4.74 Å². The smallest absolute Gasteiger partial charge is 0.131 e. The van der Waals surface area contributed by atoms with Gasteiger partial charge in [0.15, 0.2) is 0 Å². The molecule has 3 rings (SSSR count). The predicted molar refractivity (Wildman–Crippen MR) is 106 cm³/mol. The van der Waals surface area contributed by atoms with Gasteiger partial charge in [0, 0.05) is 17.5 Å². The van der Waals surface area contributed by atoms with Crippen molar-refractivity contribution in [1.29, 1.82) is 0 Å². The monoisotopic (exact) mass is 375 g/mol. The van der Waals surface area contributed by atoms with Crippen LogP contribution in [0.4, 0.5) is 4.39 Å². The Hall–Kier alpha value is -1.58. The molecule has 1 fully saturated rings. The highest BCUT2D eigenvalue weighted by Crippen LogP contribution is 2.48. The minimum Gasteiger partial charge on any atom is -0.497 e. The van der Waals surface area contributed by atoms with E-state index in [1.165, 1.54) is 12.5 Å². The van der Waals surface area contributed by atoms with Gasteiger partial charge in [0.05, 0.1) is 7.11 Å². The van der Waals surface area contributed by atoms with Crippen molar-refractivity contribution in [3.8, 4) is 16.9 Å². The molecule has 1 saturated heterocycles. The van der Waals surface area contributed by atoms with Crippen LogP contribution < -0.4 is 4.74 Å². The Kier molecular flexibility index (Phi) is 5.59. The highest BCUT2D eigenvalue weighted by molar-refractivity contribution is 6.17. The fraction of sp³-hybridized carbons (Fsp3) is 0.455. The number of ether oxygens (including phenoxy) is 1. The van der Waals surface area contributed by atoms with Crippen molar-refractivity contribution in [2.45, 2.75) is 38.6 Å². The summed E-state index contributed by atoms with van der Waals surface area (Å²) in [7, 11) is 3.76. The molecule has 0 bridgehead atoms. The van der Waals surface area contributed by atoms with Crippen molar-refractivity contribution in [3.05, 3.63) is 53.3 Å². The van der Waals surface area contributed by atoms with Crippen LogP contribution in [0.25, 0.3) is 11.1 Å². The van der Waals surface area contributed by atoms with E-state index in [2.05, 4.69) is 31.9 Å². The maximum atomic E-state index is 14.7. The molecular weight excluding hydrogens is 349 g/mol. The molecule has 4 heteroatoms. The summed E-state index contributed by atoms with van der Waals surface area (Å²) in [4.78, 5) is 2.39. The molecule has 0 aliphatic carbocycles. The maximum Gasteiger partial charge on any atom is 0.131 e. The maximum absolute atomic E-state index is 14.7. The SMILES string of the molecule is COc1ccc(F)c(-c2ccc(CCl)cc2C2N(C)CCCC2(C)C)c1. The lowest BCUT2D eigenvalue weighted by Crippen LogP contribution is -2.41. The van der Waals surface area contributed by atoms with Crippen LogP contribution in [0.2, 0.25) is 0 Å². The van der Waals surface area contributed by atoms with E-state index in [1.54, 1.807) is 19.2 Å². The summed E-state index contributed by atoms with van der Waals surface area (Å²) in [5, 5.41) is 0. The predicted octanol–water partition coefficient (Wildman–Crippen LogP) is 6.03. The fourth-order valence-corrected chi connectivity index (χ4v) is 4.48. The molecule has 2 nitrogen and oxygen atoms in total. The molecule has 0 amide bonds. The van der Waals surface area contributed by atoms with Gasteiger partial charge >= 0.3 is 0 Å². The van der Waals surface area contributed by atoms with E-state index >= 15 is 0 Å². The molecule has 0 N–H and O–H groups in total. The van der Waals surface area contributed by atoms with Crippen molar-refractivity contribution >= 4 is 11.6 Å². The van der Waals surface area contributed by atoms with Crippen molar-refractivity contribution in [2.24, 2.45) is 5.41 Å². The normalized spacial score (nSPS) is 20.2. The van der Waals surface area contributed by atoms with Crippen LogP contribution in [0.1, 0.15) is 43.9 Å². The lowest BCUT2D eigenvalue weighted by molar-refractivity contribution is 0.0581. The topological polar surface area (TPSA) is 12.5 Å². The van der Waals surface area contributed by atoms with Gasteiger partial charge in [-0.25, -0.2) is 4.39 Å². The van der Waals surface area contributed by atoms with Gasteiger partial charge in [-0.3, -0.25) is 4.90 Å². The number of hydrogen-bond donors (Lipinski definition) is 0. The van der Waals surface area contributed by atoms with E-state index in [-0.39, 0.29) is 17.3 Å². The zero-order valence-corrected chi connectivity index (χ0v) is 16.7. The van der Waals surface area contributed by atoms with E-state index in [4.69, 9.17) is 16.3 Å². The Balaban J connectivity index is 2.21. The summed E-state index contributed by atoms with van der Waals surface area (Å²) >= 11 is 6.11. The van der Waals surface area contributed by atoms with Gasteiger partial charge in [-0.1, -0.05) is 32.0 Å². The van der Waals surface area contributed by atoms with E-state index in [0.717, 1.165) is 29.7 Å². The quantitative estimate of drug-likeness (QED) is 0.604. The van der Waals surface area contributed by atoms with E-state index in [9.17, 15) is 4.39 Å². The van der Waals surface area contributed by atoms with Crippen LogP contribution in [0.3, 0.4) is 0 Å². The number of nitrogens with zero attached hydrogens (tertiary/aromatic N) is 1. The van der Waals surface area contributed by atoms with Gasteiger partial charge in [0.25, 0.3) is 0 Å². The summed E-state index contributed by atoms with van der Waals surface area (Å²) < 4.78 is 20.0. The van der Waals surface area contributed by atoms with Crippen LogP contribution in [-0.2, 0) is 5.88 Å². The number of hydrogen-bond acceptors (Lipinski definition) is 2. The Morgan fingerprint density at radius 1 is 1.19 bits per heavy atom. The Bertz CT molecular complexity index is 790. The Morgan fingerprint density at radius 2 is 1.96 bits per heavy atom. The van der Waals surface area contributed by atoms with Crippen molar-refractivity contribution in [3.63, 3.8) is 0 Å². The minimum absolute atomic E-state index is 0.0992. The fourth-order valence-electron chi connectivity index (χ4n) is 4.31. The molecule has 1 unspecified atom stereocenters. The lowest BCUT2D eigenvalue weighted by atomic mass is 9.72. The molecule has 0 saturated carbocycles. The average molecular weight is 376 g/mol. The first-order valence-corrected chi connectivity index (χ1v) is 9.64. The summed E-state index contributed by atoms with van der Waals surface area (Å²) in [6, 6.07) is 11.3. The van der Waals surface area contributed by atoms with Crippen molar-refractivity contribution in [2.75, 3.05) is 20.7 Å². The number of alkyl halides is 1. The summed E-state index contributed by atoms with van der Waals surface area (Å²) in [5.74, 6) is 0.872. The van der Waals surface area contributed by atoms with Gasteiger partial charge in [-0.15, -0.1) is 11.6 Å². The summed E-state index contributed by atoms with van der Waals surface area (Å²) in [6.07, 6.45) is 2.32. The molecule has 0 aromatic heterocycles. The number of rotatable bonds is 4. The third-order valence-electron chi connectivity index (χ3n) is 5.54. The Morgan fingerprint density at radius 3 is 2.62 bits per heavy atom. The molecule has 26 heavy (non-hydrogen) atoms. The third-order valence-corrected chi connectivity index (χ3v) is 5.85. The highest BCUT2D eigenvalue weighted by Gasteiger charge is 2.38. The Labute approximate surface area is 160 Å². The van der Waals surface area contributed by atoms with Gasteiger partial charge in [-0.2, -0.15) is 0 Å². The second kappa shape index (κ2) is 7.58. The number of likely N-dealkylation sites (tertiary alicyclic amines) is 1. The first-order chi connectivity index (χ1) is 12.4. The lowest BCUT2D eigenvalue weighted by Gasteiger charge is -2.46. The minimum atomic E-state index is -0.234. The molecule has 2 aromatic rings. The highest BCUT2D eigenvalue weighted by atomic mass is 35.5. The van der Waals surface area contributed by atoms with E-state index in [1.807, 2.05) is 12.1 Å². The van der Waals surface area contributed by atoms with E-state index in [0.29, 0.717) is 17.2 Å². The molecule has 2 aromatic carbocycles. The first-order valence-electron chi connectivity index (χ1n) is 9.10. The van der Waals surface area contributed by atoms with Crippen molar-refractivity contribution in [1.82, 2.24) is 4.90 Å². The second-order valence-corrected chi connectivity index (χ2v) is 8.14. The molecule has 1 atom stereocenters. The molecule has 1 aliphatic rings. The largest absolute Gasteiger partial charge is 0.497 e. The molecule has 0 radical (unpaired) electrons. The standard InChI is InChI=1S/C22H27ClFNO/c1-22(2)10-5-11-25(3)21(22)19-12-15(14-23)6-8-17(19)18-13-16(26-4)7-9-20(18)24/h6-9,12-13,21H,5,10-11,14H2,1-4H3. The van der Waals surface area contributed by atoms with Crippen molar-refractivity contribution < 1.29 is 9.13 Å². The summed E-state index contributed by atoms with van der Waals surface area (Å²) in [6.45, 7) is 5.64. The molecule has 1 heterocycles. The van der Waals surface area contributed by atoms with E-state index < -0.39 is 0 Å². The number of halogens is 2. The number of benzene rings is 2. The van der Waals surface area contributed by atoms with Gasteiger partial charge in [0.2, 0.25) is 0 Å².